The molecule has 0 spiro atoms. The van der Waals surface area contributed by atoms with E-state index in [4.69, 9.17) is 9.47 Å². The standard InChI is InChI=1S/C26H23FN2O4S/c1-16-6-11-19-21(13-28)25(34-23(19)12-16)29-24(30)15-33-26(31)20-4-2-3-5-22(20)32-14-17-7-9-18(27)10-8-17/h2-5,7-10,16H,6,11-12,14-15H2,1H3,(H,29,30)/t16-/m1/s1. The van der Waals surface area contributed by atoms with Crippen molar-refractivity contribution >= 4 is 28.2 Å². The molecule has 0 aliphatic heterocycles. The third kappa shape index (κ3) is 5.43. The number of halogens is 1. The monoisotopic (exact) mass is 478 g/mol. The first kappa shape index (κ1) is 23.5. The van der Waals surface area contributed by atoms with Gasteiger partial charge in [-0.2, -0.15) is 5.26 Å². The quantitative estimate of drug-likeness (QED) is 0.468. The molecule has 1 aliphatic carbocycles. The number of carbonyl (C=O) groups is 2. The number of nitrogens with zero attached hydrogens (tertiary/aromatic N) is 1. The smallest absolute Gasteiger partial charge is 0.342 e. The number of esters is 1. The van der Waals surface area contributed by atoms with Crippen LogP contribution in [0, 0.1) is 23.1 Å². The molecule has 0 saturated heterocycles. The van der Waals surface area contributed by atoms with Crippen molar-refractivity contribution in [2.24, 2.45) is 5.92 Å². The van der Waals surface area contributed by atoms with Crippen LogP contribution in [0.25, 0.3) is 0 Å². The lowest BCUT2D eigenvalue weighted by molar-refractivity contribution is -0.119. The summed E-state index contributed by atoms with van der Waals surface area (Å²) in [5, 5.41) is 12.8. The second kappa shape index (κ2) is 10.5. The number of para-hydroxylation sites is 1. The zero-order chi connectivity index (χ0) is 24.1. The van der Waals surface area contributed by atoms with Gasteiger partial charge in [-0.15, -0.1) is 11.3 Å². The minimum Gasteiger partial charge on any atom is -0.488 e. The molecule has 8 heteroatoms. The van der Waals surface area contributed by atoms with Crippen LogP contribution >= 0.6 is 11.3 Å². The molecule has 1 N–H and O–H groups in total. The maximum Gasteiger partial charge on any atom is 0.342 e. The van der Waals surface area contributed by atoms with Gasteiger partial charge in [-0.3, -0.25) is 4.79 Å². The van der Waals surface area contributed by atoms with Gasteiger partial charge in [0, 0.05) is 4.88 Å². The number of hydrogen-bond acceptors (Lipinski definition) is 6. The zero-order valence-electron chi connectivity index (χ0n) is 18.6. The van der Waals surface area contributed by atoms with Gasteiger partial charge in [0.15, 0.2) is 6.61 Å². The minimum absolute atomic E-state index is 0.143. The van der Waals surface area contributed by atoms with E-state index in [9.17, 15) is 19.2 Å². The largest absolute Gasteiger partial charge is 0.488 e. The zero-order valence-corrected chi connectivity index (χ0v) is 19.4. The number of rotatable bonds is 7. The molecule has 1 atom stereocenters. The molecule has 34 heavy (non-hydrogen) atoms. The van der Waals surface area contributed by atoms with Crippen LogP contribution in [0.2, 0.25) is 0 Å². The fourth-order valence-corrected chi connectivity index (χ4v) is 5.21. The van der Waals surface area contributed by atoms with E-state index in [-0.39, 0.29) is 18.0 Å². The predicted molar refractivity (Wildman–Crippen MR) is 126 cm³/mol. The Hall–Kier alpha value is -3.70. The summed E-state index contributed by atoms with van der Waals surface area (Å²) in [4.78, 5) is 26.2. The molecule has 0 radical (unpaired) electrons. The van der Waals surface area contributed by atoms with Crippen LogP contribution in [0.3, 0.4) is 0 Å². The van der Waals surface area contributed by atoms with Crippen molar-refractivity contribution in [2.45, 2.75) is 32.8 Å². The molecular weight excluding hydrogens is 455 g/mol. The Balaban J connectivity index is 1.36. The molecular formula is C26H23FN2O4S. The first-order chi connectivity index (χ1) is 16.4. The van der Waals surface area contributed by atoms with Crippen LogP contribution in [0.1, 0.15) is 45.3 Å². The van der Waals surface area contributed by atoms with Gasteiger partial charge in [0.25, 0.3) is 5.91 Å². The molecule has 1 aromatic heterocycles. The van der Waals surface area contributed by atoms with Gasteiger partial charge in [0.2, 0.25) is 0 Å². The molecule has 1 amide bonds. The second-order valence-electron chi connectivity index (χ2n) is 8.20. The lowest BCUT2D eigenvalue weighted by atomic mass is 9.89. The Morgan fingerprint density at radius 2 is 1.97 bits per heavy atom. The van der Waals surface area contributed by atoms with E-state index in [0.717, 1.165) is 35.3 Å². The highest BCUT2D eigenvalue weighted by Gasteiger charge is 2.25. The van der Waals surface area contributed by atoms with E-state index in [2.05, 4.69) is 18.3 Å². The topological polar surface area (TPSA) is 88.4 Å². The summed E-state index contributed by atoms with van der Waals surface area (Å²) in [5.41, 5.74) is 2.44. The second-order valence-corrected chi connectivity index (χ2v) is 9.31. The Morgan fingerprint density at radius 1 is 1.21 bits per heavy atom. The van der Waals surface area contributed by atoms with E-state index >= 15 is 0 Å². The number of ether oxygens (including phenoxy) is 2. The summed E-state index contributed by atoms with van der Waals surface area (Å²) in [6.45, 7) is 1.83. The summed E-state index contributed by atoms with van der Waals surface area (Å²) in [7, 11) is 0. The summed E-state index contributed by atoms with van der Waals surface area (Å²) < 4.78 is 24.0. The van der Waals surface area contributed by atoms with E-state index in [1.807, 2.05) is 0 Å². The molecule has 0 unspecified atom stereocenters. The molecule has 1 aliphatic rings. The maximum absolute atomic E-state index is 13.1. The Kier molecular flexibility index (Phi) is 7.24. The van der Waals surface area contributed by atoms with Gasteiger partial charge in [0.05, 0.1) is 5.56 Å². The SMILES string of the molecule is C[C@@H]1CCc2c(sc(NC(=O)COC(=O)c3ccccc3OCc3ccc(F)cc3)c2C#N)C1. The molecule has 1 heterocycles. The number of hydrogen-bond donors (Lipinski definition) is 1. The minimum atomic E-state index is -0.704. The average molecular weight is 479 g/mol. The van der Waals surface area contributed by atoms with Crippen molar-refractivity contribution in [1.82, 2.24) is 0 Å². The number of nitrogens with one attached hydrogen (secondary N) is 1. The molecule has 0 fully saturated rings. The third-order valence-corrected chi connectivity index (χ3v) is 6.80. The van der Waals surface area contributed by atoms with Crippen LogP contribution in [-0.4, -0.2) is 18.5 Å². The van der Waals surface area contributed by atoms with Gasteiger partial charge in [0.1, 0.15) is 34.8 Å². The van der Waals surface area contributed by atoms with Crippen molar-refractivity contribution in [2.75, 3.05) is 11.9 Å². The van der Waals surface area contributed by atoms with Crippen LogP contribution in [0.4, 0.5) is 9.39 Å². The van der Waals surface area contributed by atoms with Gasteiger partial charge in [-0.05, 0) is 60.6 Å². The van der Waals surface area contributed by atoms with E-state index in [1.54, 1.807) is 36.4 Å². The van der Waals surface area contributed by atoms with Crippen LogP contribution in [0.5, 0.6) is 5.75 Å². The highest BCUT2D eigenvalue weighted by Crippen LogP contribution is 2.39. The predicted octanol–water partition coefficient (Wildman–Crippen LogP) is 5.26. The number of fused-ring (bicyclic) bond motifs is 1. The van der Waals surface area contributed by atoms with Crippen LogP contribution in [-0.2, 0) is 29.0 Å². The summed E-state index contributed by atoms with van der Waals surface area (Å²) in [5.74, 6) is -0.715. The molecule has 4 rings (SSSR count). The van der Waals surface area contributed by atoms with Crippen molar-refractivity contribution in [3.05, 3.63) is 81.5 Å². The molecule has 0 bridgehead atoms. The van der Waals surface area contributed by atoms with Crippen molar-refractivity contribution in [1.29, 1.82) is 5.26 Å². The molecule has 3 aromatic rings. The highest BCUT2D eigenvalue weighted by atomic mass is 32.1. The molecule has 174 valence electrons. The Labute approximate surface area is 200 Å². The molecule has 0 saturated carbocycles. The first-order valence-electron chi connectivity index (χ1n) is 10.9. The normalized spacial score (nSPS) is 14.6. The number of amides is 1. The fraction of sp³-hybridized carbons (Fsp3) is 0.269. The van der Waals surface area contributed by atoms with Gasteiger partial charge in [-0.1, -0.05) is 31.2 Å². The van der Waals surface area contributed by atoms with Crippen molar-refractivity contribution < 1.29 is 23.5 Å². The number of thiophene rings is 1. The fourth-order valence-electron chi connectivity index (χ4n) is 3.83. The summed E-state index contributed by atoms with van der Waals surface area (Å²) in [6, 6.07) is 14.6. The number of anilines is 1. The van der Waals surface area contributed by atoms with Gasteiger partial charge >= 0.3 is 5.97 Å². The van der Waals surface area contributed by atoms with Crippen molar-refractivity contribution in [3.8, 4) is 11.8 Å². The third-order valence-electron chi connectivity index (χ3n) is 5.63. The Morgan fingerprint density at radius 3 is 2.74 bits per heavy atom. The van der Waals surface area contributed by atoms with E-state index < -0.39 is 18.5 Å². The maximum atomic E-state index is 13.1. The summed E-state index contributed by atoms with van der Waals surface area (Å²) in [6.07, 6.45) is 2.75. The van der Waals surface area contributed by atoms with Gasteiger partial charge in [-0.25, -0.2) is 9.18 Å². The van der Waals surface area contributed by atoms with E-state index in [0.29, 0.717) is 22.2 Å². The molecule has 6 nitrogen and oxygen atoms in total. The van der Waals surface area contributed by atoms with Crippen LogP contribution < -0.4 is 10.1 Å². The van der Waals surface area contributed by atoms with Gasteiger partial charge < -0.3 is 14.8 Å². The number of nitriles is 1. The lowest BCUT2D eigenvalue weighted by Gasteiger charge is -2.17. The number of carbonyl (C=O) groups excluding carboxylic acids is 2. The van der Waals surface area contributed by atoms with E-state index in [1.165, 1.54) is 23.5 Å². The number of benzene rings is 2. The first-order valence-corrected chi connectivity index (χ1v) is 11.7. The average Bonchev–Trinajstić information content (AvgIpc) is 3.18. The Bertz CT molecular complexity index is 1250. The summed E-state index contributed by atoms with van der Waals surface area (Å²) >= 11 is 1.42. The highest BCUT2D eigenvalue weighted by molar-refractivity contribution is 7.16. The van der Waals surface area contributed by atoms with Crippen molar-refractivity contribution in [3.63, 3.8) is 0 Å². The molecule has 2 aromatic carbocycles. The van der Waals surface area contributed by atoms with Crippen LogP contribution in [0.15, 0.2) is 48.5 Å². The lowest BCUT2D eigenvalue weighted by Crippen LogP contribution is -2.21.